The van der Waals surface area contributed by atoms with Crippen molar-refractivity contribution in [3.63, 3.8) is 0 Å². The Morgan fingerprint density at radius 1 is 1.38 bits per heavy atom. The second-order valence-electron chi connectivity index (χ2n) is 6.38. The first kappa shape index (κ1) is 16.4. The van der Waals surface area contributed by atoms with Gasteiger partial charge in [-0.1, -0.05) is 29.8 Å². The minimum Gasteiger partial charge on any atom is -0.388 e. The zero-order chi connectivity index (χ0) is 15.3. The third kappa shape index (κ3) is 5.08. The summed E-state index contributed by atoms with van der Waals surface area (Å²) in [6, 6.07) is 8.43. The highest BCUT2D eigenvalue weighted by atomic mass is 16.5. The van der Waals surface area contributed by atoms with E-state index in [1.165, 1.54) is 11.1 Å². The van der Waals surface area contributed by atoms with Crippen LogP contribution in [0.1, 0.15) is 36.4 Å². The topological polar surface area (TPSA) is 58.7 Å². The molecular weight excluding hydrogens is 264 g/mol. The van der Waals surface area contributed by atoms with E-state index < -0.39 is 5.60 Å². The quantitative estimate of drug-likeness (QED) is 0.840. The Kier molecular flexibility index (Phi) is 5.76. The molecule has 0 saturated carbocycles. The van der Waals surface area contributed by atoms with Crippen LogP contribution in [0, 0.1) is 6.92 Å². The predicted octanol–water partition coefficient (Wildman–Crippen LogP) is 1.86. The number of nitrogens with zero attached hydrogens (tertiary/aromatic N) is 1. The van der Waals surface area contributed by atoms with Crippen LogP contribution in [0.5, 0.6) is 0 Å². The van der Waals surface area contributed by atoms with Crippen molar-refractivity contribution in [1.29, 1.82) is 0 Å². The van der Waals surface area contributed by atoms with Crippen LogP contribution in [0.15, 0.2) is 24.3 Å². The van der Waals surface area contributed by atoms with Crippen LogP contribution < -0.4 is 5.73 Å². The maximum atomic E-state index is 10.5. The van der Waals surface area contributed by atoms with Crippen LogP contribution in [-0.4, -0.2) is 49.0 Å². The van der Waals surface area contributed by atoms with Crippen molar-refractivity contribution in [3.05, 3.63) is 35.4 Å². The minimum absolute atomic E-state index is 0.0525. The van der Waals surface area contributed by atoms with E-state index in [9.17, 15) is 5.11 Å². The maximum absolute atomic E-state index is 10.5. The zero-order valence-corrected chi connectivity index (χ0v) is 13.2. The van der Waals surface area contributed by atoms with Crippen molar-refractivity contribution in [3.8, 4) is 0 Å². The summed E-state index contributed by atoms with van der Waals surface area (Å²) in [5.74, 6) is 0. The van der Waals surface area contributed by atoms with E-state index in [2.05, 4.69) is 43.1 Å². The molecule has 1 fully saturated rings. The number of benzene rings is 1. The van der Waals surface area contributed by atoms with Crippen LogP contribution >= 0.6 is 0 Å². The van der Waals surface area contributed by atoms with E-state index >= 15 is 0 Å². The normalized spacial score (nSPS) is 19.7. The molecular formula is C17H28N2O2. The second kappa shape index (κ2) is 7.36. The van der Waals surface area contributed by atoms with Gasteiger partial charge < -0.3 is 20.5 Å². The van der Waals surface area contributed by atoms with E-state index in [1.807, 2.05) is 0 Å². The molecule has 1 aliphatic rings. The summed E-state index contributed by atoms with van der Waals surface area (Å²) in [6.07, 6.45) is 2.34. The molecule has 0 radical (unpaired) electrons. The van der Waals surface area contributed by atoms with E-state index in [0.29, 0.717) is 19.8 Å². The molecule has 4 nitrogen and oxygen atoms in total. The van der Waals surface area contributed by atoms with Gasteiger partial charge in [0.1, 0.15) is 0 Å². The first-order valence-electron chi connectivity index (χ1n) is 7.79. The molecule has 1 atom stereocenters. The molecule has 1 aliphatic heterocycles. The first-order chi connectivity index (χ1) is 9.98. The molecule has 1 aromatic carbocycles. The van der Waals surface area contributed by atoms with Gasteiger partial charge >= 0.3 is 0 Å². The number of nitrogens with two attached hydrogens (primary N) is 1. The molecule has 2 rings (SSSR count). The number of aryl methyl sites for hydroxylation is 1. The lowest BCUT2D eigenvalue weighted by atomic mass is 9.93. The Morgan fingerprint density at radius 2 is 2.10 bits per heavy atom. The van der Waals surface area contributed by atoms with Crippen molar-refractivity contribution in [2.45, 2.75) is 37.8 Å². The average Bonchev–Trinajstić information content (AvgIpc) is 2.45. The molecule has 1 heterocycles. The van der Waals surface area contributed by atoms with Crippen LogP contribution in [-0.2, 0) is 4.74 Å². The summed E-state index contributed by atoms with van der Waals surface area (Å²) >= 11 is 0. The summed E-state index contributed by atoms with van der Waals surface area (Å²) in [7, 11) is 2.05. The molecule has 21 heavy (non-hydrogen) atoms. The van der Waals surface area contributed by atoms with Gasteiger partial charge in [-0.15, -0.1) is 0 Å². The van der Waals surface area contributed by atoms with Crippen LogP contribution in [0.4, 0.5) is 0 Å². The van der Waals surface area contributed by atoms with Crippen LogP contribution in [0.2, 0.25) is 0 Å². The summed E-state index contributed by atoms with van der Waals surface area (Å²) in [5, 5.41) is 10.5. The largest absolute Gasteiger partial charge is 0.388 e. The summed E-state index contributed by atoms with van der Waals surface area (Å²) in [5.41, 5.74) is 8.10. The Labute approximate surface area is 127 Å². The molecule has 0 amide bonds. The molecule has 0 aliphatic carbocycles. The van der Waals surface area contributed by atoms with Gasteiger partial charge in [-0.2, -0.15) is 0 Å². The van der Waals surface area contributed by atoms with Crippen LogP contribution in [0.3, 0.4) is 0 Å². The zero-order valence-electron chi connectivity index (χ0n) is 13.2. The van der Waals surface area contributed by atoms with E-state index in [-0.39, 0.29) is 6.04 Å². The van der Waals surface area contributed by atoms with Gasteiger partial charge in [0, 0.05) is 38.6 Å². The SMILES string of the molecule is Cc1cccc(C(N)CCN(C)CC2(O)CCOCC2)c1. The molecule has 1 saturated heterocycles. The Morgan fingerprint density at radius 3 is 2.76 bits per heavy atom. The van der Waals surface area contributed by atoms with Gasteiger partial charge in [0.05, 0.1) is 5.60 Å². The van der Waals surface area contributed by atoms with Gasteiger partial charge in [0.25, 0.3) is 0 Å². The highest BCUT2D eigenvalue weighted by Crippen LogP contribution is 2.22. The highest BCUT2D eigenvalue weighted by Gasteiger charge is 2.30. The number of hydrogen-bond donors (Lipinski definition) is 2. The van der Waals surface area contributed by atoms with Gasteiger partial charge in [0.15, 0.2) is 0 Å². The monoisotopic (exact) mass is 292 g/mol. The lowest BCUT2D eigenvalue weighted by Crippen LogP contribution is -2.46. The van der Waals surface area contributed by atoms with Gasteiger partial charge in [-0.05, 0) is 32.5 Å². The number of aliphatic hydroxyl groups is 1. The van der Waals surface area contributed by atoms with Crippen molar-refractivity contribution >= 4 is 0 Å². The minimum atomic E-state index is -0.597. The summed E-state index contributed by atoms with van der Waals surface area (Å²) in [4.78, 5) is 2.18. The Balaban J connectivity index is 1.79. The van der Waals surface area contributed by atoms with Gasteiger partial charge in [-0.25, -0.2) is 0 Å². The Hall–Kier alpha value is -0.940. The van der Waals surface area contributed by atoms with Crippen molar-refractivity contribution in [1.82, 2.24) is 4.90 Å². The standard InChI is InChI=1S/C17H28N2O2/c1-14-4-3-5-15(12-14)16(18)6-9-19(2)13-17(20)7-10-21-11-8-17/h3-5,12,16,20H,6-11,13,18H2,1-2H3. The summed E-state index contributed by atoms with van der Waals surface area (Å²) in [6.45, 7) is 4.98. The van der Waals surface area contributed by atoms with Gasteiger partial charge in [0.2, 0.25) is 0 Å². The van der Waals surface area contributed by atoms with Crippen LogP contribution in [0.25, 0.3) is 0 Å². The number of ether oxygens (including phenoxy) is 1. The van der Waals surface area contributed by atoms with Crippen molar-refractivity contribution in [2.75, 3.05) is 33.4 Å². The lowest BCUT2D eigenvalue weighted by molar-refractivity contribution is -0.0770. The Bertz CT molecular complexity index is 444. The number of rotatable bonds is 6. The third-order valence-electron chi connectivity index (χ3n) is 4.28. The molecule has 1 aromatic rings. The predicted molar refractivity (Wildman–Crippen MR) is 85.2 cm³/mol. The fourth-order valence-corrected chi connectivity index (χ4v) is 2.92. The second-order valence-corrected chi connectivity index (χ2v) is 6.38. The van der Waals surface area contributed by atoms with E-state index in [4.69, 9.17) is 10.5 Å². The molecule has 118 valence electrons. The first-order valence-corrected chi connectivity index (χ1v) is 7.79. The average molecular weight is 292 g/mol. The maximum Gasteiger partial charge on any atom is 0.0817 e. The molecule has 0 spiro atoms. The molecule has 4 heteroatoms. The molecule has 3 N–H and O–H groups in total. The smallest absolute Gasteiger partial charge is 0.0817 e. The number of likely N-dealkylation sites (N-methyl/N-ethyl adjacent to an activating group) is 1. The molecule has 0 aromatic heterocycles. The van der Waals surface area contributed by atoms with E-state index in [0.717, 1.165) is 25.8 Å². The summed E-state index contributed by atoms with van der Waals surface area (Å²) < 4.78 is 5.32. The van der Waals surface area contributed by atoms with Gasteiger partial charge in [-0.3, -0.25) is 0 Å². The molecule has 1 unspecified atom stereocenters. The fraction of sp³-hybridized carbons (Fsp3) is 0.647. The fourth-order valence-electron chi connectivity index (χ4n) is 2.92. The lowest BCUT2D eigenvalue weighted by Gasteiger charge is -2.35. The van der Waals surface area contributed by atoms with Crippen molar-refractivity contribution in [2.24, 2.45) is 5.73 Å². The third-order valence-corrected chi connectivity index (χ3v) is 4.28. The highest BCUT2D eigenvalue weighted by molar-refractivity contribution is 5.24. The van der Waals surface area contributed by atoms with E-state index in [1.54, 1.807) is 0 Å². The van der Waals surface area contributed by atoms with Crippen molar-refractivity contribution < 1.29 is 9.84 Å². The molecule has 0 bridgehead atoms. The number of hydrogen-bond acceptors (Lipinski definition) is 4.